The molecule has 0 unspecified atom stereocenters. The van der Waals surface area contributed by atoms with Crippen molar-refractivity contribution < 1.29 is 4.79 Å². The van der Waals surface area contributed by atoms with Gasteiger partial charge in [-0.15, -0.1) is 0 Å². The normalized spacial score (nSPS) is 11.9. The average Bonchev–Trinajstić information content (AvgIpc) is 2.98. The number of Topliss-reactive ketones (excluding diaryl/α,β-unsaturated/α-hetero) is 1. The molecule has 0 saturated heterocycles. The van der Waals surface area contributed by atoms with Gasteiger partial charge in [0.15, 0.2) is 10.9 Å². The Bertz CT molecular complexity index is 1060. The highest BCUT2D eigenvalue weighted by Crippen LogP contribution is 2.28. The first-order valence-corrected chi connectivity index (χ1v) is 9.07. The molecule has 0 saturated carbocycles. The number of carbonyl (C=O) groups excluding carboxylic acids is 1. The number of benzene rings is 2. The number of nitriles is 1. The van der Waals surface area contributed by atoms with E-state index in [9.17, 15) is 4.79 Å². The number of thioether (sulfide) groups is 1. The van der Waals surface area contributed by atoms with E-state index in [-0.39, 0.29) is 22.8 Å². The summed E-state index contributed by atoms with van der Waals surface area (Å²) in [6, 6.07) is 17.8. The third-order valence-electron chi connectivity index (χ3n) is 3.91. The standard InChI is InChI=1S/C20H18N4OS/c1-13-6-5-7-15(10-13)24-18-9-4-3-8-17(18)23-20(24)26-12-19(25)16(11-21)14(2)22/h3-10H,12,22H2,1-2H3/b16-14+. The minimum atomic E-state index is -0.291. The molecule has 0 bridgehead atoms. The molecule has 0 fully saturated rings. The Morgan fingerprint density at radius 2 is 2.04 bits per heavy atom. The van der Waals surface area contributed by atoms with E-state index in [4.69, 9.17) is 11.0 Å². The van der Waals surface area contributed by atoms with Crippen LogP contribution in [0, 0.1) is 18.3 Å². The Morgan fingerprint density at radius 3 is 2.73 bits per heavy atom. The number of aryl methyl sites for hydroxylation is 1. The molecule has 0 aliphatic heterocycles. The van der Waals surface area contributed by atoms with Crippen molar-refractivity contribution in [3.05, 3.63) is 65.4 Å². The quantitative estimate of drug-likeness (QED) is 0.424. The third-order valence-corrected chi connectivity index (χ3v) is 4.85. The number of carbonyl (C=O) groups is 1. The van der Waals surface area contributed by atoms with E-state index in [2.05, 4.69) is 11.1 Å². The number of nitrogens with zero attached hydrogens (tertiary/aromatic N) is 3. The molecule has 0 aliphatic carbocycles. The summed E-state index contributed by atoms with van der Waals surface area (Å²) in [5, 5.41) is 9.81. The molecule has 3 rings (SSSR count). The lowest BCUT2D eigenvalue weighted by Gasteiger charge is -2.09. The molecule has 130 valence electrons. The van der Waals surface area contributed by atoms with Crippen molar-refractivity contribution in [2.24, 2.45) is 5.73 Å². The van der Waals surface area contributed by atoms with Gasteiger partial charge < -0.3 is 5.73 Å². The molecule has 6 heteroatoms. The number of fused-ring (bicyclic) bond motifs is 1. The molecule has 2 N–H and O–H groups in total. The number of allylic oxidation sites excluding steroid dienone is 2. The molecule has 2 aromatic carbocycles. The Morgan fingerprint density at radius 1 is 1.27 bits per heavy atom. The molecule has 0 spiro atoms. The zero-order chi connectivity index (χ0) is 18.7. The number of para-hydroxylation sites is 2. The molecular weight excluding hydrogens is 344 g/mol. The highest BCUT2D eigenvalue weighted by molar-refractivity contribution is 7.99. The average molecular weight is 362 g/mol. The minimum absolute atomic E-state index is 0.00992. The van der Waals surface area contributed by atoms with Crippen LogP contribution in [-0.4, -0.2) is 21.1 Å². The summed E-state index contributed by atoms with van der Waals surface area (Å²) in [4.78, 5) is 17.0. The monoisotopic (exact) mass is 362 g/mol. The van der Waals surface area contributed by atoms with Crippen molar-refractivity contribution in [3.8, 4) is 11.8 Å². The van der Waals surface area contributed by atoms with E-state index in [0.717, 1.165) is 22.3 Å². The summed E-state index contributed by atoms with van der Waals surface area (Å²) >= 11 is 1.30. The Kier molecular flexibility index (Phi) is 5.10. The zero-order valence-electron chi connectivity index (χ0n) is 14.6. The van der Waals surface area contributed by atoms with E-state index in [1.165, 1.54) is 11.8 Å². The van der Waals surface area contributed by atoms with Gasteiger partial charge in [0.25, 0.3) is 0 Å². The summed E-state index contributed by atoms with van der Waals surface area (Å²) < 4.78 is 2.03. The van der Waals surface area contributed by atoms with Crippen molar-refractivity contribution >= 4 is 28.6 Å². The number of rotatable bonds is 5. The van der Waals surface area contributed by atoms with Crippen LogP contribution in [0.15, 0.2) is 65.0 Å². The Hall–Kier alpha value is -3.04. The maximum Gasteiger partial charge on any atom is 0.185 e. The zero-order valence-corrected chi connectivity index (χ0v) is 15.4. The molecule has 0 atom stereocenters. The van der Waals surface area contributed by atoms with Gasteiger partial charge >= 0.3 is 0 Å². The van der Waals surface area contributed by atoms with Crippen LogP contribution in [0.1, 0.15) is 12.5 Å². The number of nitrogens with two attached hydrogens (primary N) is 1. The van der Waals surface area contributed by atoms with Gasteiger partial charge in [-0.05, 0) is 43.7 Å². The van der Waals surface area contributed by atoms with Gasteiger partial charge in [-0.1, -0.05) is 36.0 Å². The lowest BCUT2D eigenvalue weighted by Crippen LogP contribution is -2.10. The molecule has 3 aromatic rings. The van der Waals surface area contributed by atoms with Crippen molar-refractivity contribution in [2.75, 3.05) is 5.75 Å². The third kappa shape index (κ3) is 3.48. The first-order chi connectivity index (χ1) is 12.5. The Balaban J connectivity index is 2.01. The van der Waals surface area contributed by atoms with Crippen LogP contribution in [0.2, 0.25) is 0 Å². The van der Waals surface area contributed by atoms with Gasteiger partial charge in [-0.25, -0.2) is 4.98 Å². The van der Waals surface area contributed by atoms with Gasteiger partial charge in [0, 0.05) is 11.4 Å². The maximum atomic E-state index is 12.3. The number of imidazole rings is 1. The van der Waals surface area contributed by atoms with Crippen LogP contribution in [0.3, 0.4) is 0 Å². The van der Waals surface area contributed by atoms with Crippen LogP contribution in [-0.2, 0) is 4.79 Å². The molecular formula is C20H18N4OS. The second-order valence-electron chi connectivity index (χ2n) is 5.94. The summed E-state index contributed by atoms with van der Waals surface area (Å²) in [7, 11) is 0. The van der Waals surface area contributed by atoms with Gasteiger partial charge in [0.05, 0.1) is 16.8 Å². The van der Waals surface area contributed by atoms with Gasteiger partial charge in [-0.3, -0.25) is 9.36 Å². The van der Waals surface area contributed by atoms with Crippen LogP contribution < -0.4 is 5.73 Å². The fourth-order valence-electron chi connectivity index (χ4n) is 2.69. The molecule has 5 nitrogen and oxygen atoms in total. The summed E-state index contributed by atoms with van der Waals surface area (Å²) in [6.07, 6.45) is 0. The highest BCUT2D eigenvalue weighted by Gasteiger charge is 2.17. The fraction of sp³-hybridized carbons (Fsp3) is 0.150. The Labute approximate surface area is 156 Å². The molecule has 0 aliphatic rings. The summed E-state index contributed by atoms with van der Waals surface area (Å²) in [5.74, 6) is -0.188. The second-order valence-corrected chi connectivity index (χ2v) is 6.88. The number of aromatic nitrogens is 2. The maximum absolute atomic E-state index is 12.3. The van der Waals surface area contributed by atoms with Gasteiger partial charge in [-0.2, -0.15) is 5.26 Å². The SMILES string of the molecule is C/C(N)=C(/C#N)C(=O)CSc1nc2ccccc2n1-c1cccc(C)c1. The predicted octanol–water partition coefficient (Wildman–Crippen LogP) is 3.75. The lowest BCUT2D eigenvalue weighted by atomic mass is 10.2. The number of hydrogen-bond acceptors (Lipinski definition) is 5. The van der Waals surface area contributed by atoms with Crippen LogP contribution in [0.4, 0.5) is 0 Å². The molecule has 26 heavy (non-hydrogen) atoms. The van der Waals surface area contributed by atoms with Crippen LogP contribution >= 0.6 is 11.8 Å². The first kappa shape index (κ1) is 17.8. The second kappa shape index (κ2) is 7.46. The van der Waals surface area contributed by atoms with Gasteiger partial charge in [0.2, 0.25) is 0 Å². The van der Waals surface area contributed by atoms with E-state index in [0.29, 0.717) is 5.16 Å². The van der Waals surface area contributed by atoms with Crippen molar-refractivity contribution in [1.29, 1.82) is 5.26 Å². The smallest absolute Gasteiger partial charge is 0.185 e. The molecule has 1 aromatic heterocycles. The largest absolute Gasteiger partial charge is 0.401 e. The molecule has 0 radical (unpaired) electrons. The van der Waals surface area contributed by atoms with E-state index < -0.39 is 0 Å². The lowest BCUT2D eigenvalue weighted by molar-refractivity contribution is -0.112. The van der Waals surface area contributed by atoms with Gasteiger partial charge in [0.1, 0.15) is 11.6 Å². The first-order valence-electron chi connectivity index (χ1n) is 8.08. The van der Waals surface area contributed by atoms with Crippen LogP contribution in [0.25, 0.3) is 16.7 Å². The highest BCUT2D eigenvalue weighted by atomic mass is 32.2. The van der Waals surface area contributed by atoms with Crippen molar-refractivity contribution in [3.63, 3.8) is 0 Å². The predicted molar refractivity (Wildman–Crippen MR) is 104 cm³/mol. The molecule has 1 heterocycles. The summed E-state index contributed by atoms with van der Waals surface area (Å²) in [6.45, 7) is 3.59. The van der Waals surface area contributed by atoms with Crippen molar-refractivity contribution in [1.82, 2.24) is 9.55 Å². The minimum Gasteiger partial charge on any atom is -0.401 e. The van der Waals surface area contributed by atoms with Crippen LogP contribution in [0.5, 0.6) is 0 Å². The summed E-state index contributed by atoms with van der Waals surface area (Å²) in [5.41, 5.74) is 9.83. The number of ketones is 1. The van der Waals surface area contributed by atoms with E-state index in [1.54, 1.807) is 6.92 Å². The number of hydrogen-bond donors (Lipinski definition) is 1. The van der Waals surface area contributed by atoms with E-state index in [1.807, 2.05) is 60.0 Å². The molecule has 0 amide bonds. The van der Waals surface area contributed by atoms with Crippen molar-refractivity contribution in [2.45, 2.75) is 19.0 Å². The fourth-order valence-corrected chi connectivity index (χ4v) is 3.59. The van der Waals surface area contributed by atoms with E-state index >= 15 is 0 Å². The topological polar surface area (TPSA) is 84.7 Å².